The zero-order valence-electron chi connectivity index (χ0n) is 24.7. The summed E-state index contributed by atoms with van der Waals surface area (Å²) in [7, 11) is 1.70. The van der Waals surface area contributed by atoms with E-state index in [9.17, 15) is 14.4 Å². The third kappa shape index (κ3) is 10.8. The lowest BCUT2D eigenvalue weighted by Gasteiger charge is -2.34. The van der Waals surface area contributed by atoms with Crippen molar-refractivity contribution in [2.75, 3.05) is 40.0 Å². The first-order chi connectivity index (χ1) is 19.9. The maximum absolute atomic E-state index is 13.4. The Morgan fingerprint density at radius 2 is 1.83 bits per heavy atom. The fourth-order valence-electron chi connectivity index (χ4n) is 4.78. The van der Waals surface area contributed by atoms with Crippen LogP contribution in [0.2, 0.25) is 5.02 Å². The Morgan fingerprint density at radius 3 is 2.48 bits per heavy atom. The monoisotopic (exact) mass is 603 g/mol. The van der Waals surface area contributed by atoms with Crippen LogP contribution in [0.4, 0.5) is 9.59 Å². The van der Waals surface area contributed by atoms with E-state index in [2.05, 4.69) is 10.6 Å². The first-order valence-electron chi connectivity index (χ1n) is 14.2. The number of amides is 3. The van der Waals surface area contributed by atoms with E-state index in [1.807, 2.05) is 32.9 Å². The highest BCUT2D eigenvalue weighted by Crippen LogP contribution is 2.29. The summed E-state index contributed by atoms with van der Waals surface area (Å²) >= 11 is 6.23. The van der Waals surface area contributed by atoms with Gasteiger partial charge in [-0.2, -0.15) is 0 Å². The van der Waals surface area contributed by atoms with Crippen LogP contribution in [0, 0.1) is 5.92 Å². The van der Waals surface area contributed by atoms with Crippen LogP contribution in [0.3, 0.4) is 0 Å². The van der Waals surface area contributed by atoms with Gasteiger partial charge in [-0.1, -0.05) is 35.9 Å². The molecular formula is C31H42ClN3O7. The van der Waals surface area contributed by atoms with Gasteiger partial charge in [-0.05, 0) is 81.3 Å². The molecule has 3 rings (SSSR count). The number of carbonyl (C=O) groups is 3. The molecule has 1 aliphatic rings. The highest BCUT2D eigenvalue weighted by atomic mass is 35.5. The maximum Gasteiger partial charge on any atom is 0.410 e. The average molecular weight is 604 g/mol. The van der Waals surface area contributed by atoms with E-state index in [4.69, 9.17) is 30.9 Å². The van der Waals surface area contributed by atoms with Crippen molar-refractivity contribution < 1.29 is 33.7 Å². The molecule has 3 amide bonds. The van der Waals surface area contributed by atoms with Crippen molar-refractivity contribution in [3.8, 4) is 0 Å². The smallest absolute Gasteiger partial charge is 0.410 e. The second kappa shape index (κ2) is 15.8. The number of nitrogens with one attached hydrogen (secondary N) is 2. The SMILES string of the molecule is CN(C(=O)OC(C)(C)C)[C@H](CNC(=O)c1cccc([C@@H](OCCNC(=O)O)c2cccc(Cl)c2)c1)C[C@H]1CCCOC1. The summed E-state index contributed by atoms with van der Waals surface area (Å²) < 4.78 is 17.3. The van der Waals surface area contributed by atoms with Crippen LogP contribution in [0.25, 0.3) is 0 Å². The van der Waals surface area contributed by atoms with Crippen LogP contribution in [0.1, 0.15) is 67.6 Å². The van der Waals surface area contributed by atoms with Crippen molar-refractivity contribution >= 4 is 29.7 Å². The minimum absolute atomic E-state index is 0.102. The van der Waals surface area contributed by atoms with E-state index in [0.717, 1.165) is 25.0 Å². The topological polar surface area (TPSA) is 126 Å². The van der Waals surface area contributed by atoms with E-state index < -0.39 is 23.9 Å². The van der Waals surface area contributed by atoms with Crippen LogP contribution in [-0.2, 0) is 14.2 Å². The lowest BCUT2D eigenvalue weighted by Crippen LogP contribution is -2.48. The molecule has 0 spiro atoms. The first-order valence-corrected chi connectivity index (χ1v) is 14.6. The number of benzene rings is 2. The van der Waals surface area contributed by atoms with Gasteiger partial charge in [0.2, 0.25) is 0 Å². The van der Waals surface area contributed by atoms with Crippen molar-refractivity contribution in [1.82, 2.24) is 15.5 Å². The van der Waals surface area contributed by atoms with Gasteiger partial charge >= 0.3 is 12.2 Å². The van der Waals surface area contributed by atoms with Gasteiger partial charge < -0.3 is 34.9 Å². The van der Waals surface area contributed by atoms with Crippen molar-refractivity contribution in [3.63, 3.8) is 0 Å². The fraction of sp³-hybridized carbons (Fsp3) is 0.516. The minimum atomic E-state index is -1.14. The Morgan fingerprint density at radius 1 is 1.12 bits per heavy atom. The Bertz CT molecular complexity index is 1200. The number of ether oxygens (including phenoxy) is 3. The van der Waals surface area contributed by atoms with Gasteiger partial charge in [0.1, 0.15) is 11.7 Å². The summed E-state index contributed by atoms with van der Waals surface area (Å²) in [6.07, 6.45) is 0.480. The van der Waals surface area contributed by atoms with Crippen molar-refractivity contribution in [2.45, 2.75) is 57.8 Å². The Balaban J connectivity index is 1.75. The summed E-state index contributed by atoms with van der Waals surface area (Å²) in [5.41, 5.74) is 1.26. The van der Waals surface area contributed by atoms with Crippen LogP contribution in [-0.4, -0.2) is 79.7 Å². The second-order valence-electron chi connectivity index (χ2n) is 11.4. The van der Waals surface area contributed by atoms with Crippen molar-refractivity contribution in [3.05, 3.63) is 70.2 Å². The fourth-order valence-corrected chi connectivity index (χ4v) is 4.98. The number of hydrogen-bond acceptors (Lipinski definition) is 6. The molecule has 2 aromatic rings. The van der Waals surface area contributed by atoms with Gasteiger partial charge in [-0.3, -0.25) is 4.79 Å². The molecule has 42 heavy (non-hydrogen) atoms. The second-order valence-corrected chi connectivity index (χ2v) is 11.9. The molecule has 1 heterocycles. The van der Waals surface area contributed by atoms with Gasteiger partial charge in [0.15, 0.2) is 0 Å². The van der Waals surface area contributed by atoms with Gasteiger partial charge in [0, 0.05) is 43.9 Å². The molecule has 1 fully saturated rings. The quantitative estimate of drug-likeness (QED) is 0.274. The zero-order chi connectivity index (χ0) is 30.7. The molecule has 1 aliphatic heterocycles. The molecular weight excluding hydrogens is 562 g/mol. The summed E-state index contributed by atoms with van der Waals surface area (Å²) in [5.74, 6) is -0.0168. The number of carbonyl (C=O) groups excluding carboxylic acids is 2. The molecule has 3 atom stereocenters. The molecule has 10 nitrogen and oxygen atoms in total. The number of carboxylic acid groups (broad SMARTS) is 1. The molecule has 0 saturated carbocycles. The number of nitrogens with zero attached hydrogens (tertiary/aromatic N) is 1. The molecule has 0 aliphatic carbocycles. The van der Waals surface area contributed by atoms with Gasteiger partial charge in [-0.15, -0.1) is 0 Å². The normalized spacial score (nSPS) is 16.6. The molecule has 11 heteroatoms. The number of likely N-dealkylation sites (N-methyl/N-ethyl adjacent to an activating group) is 1. The van der Waals surface area contributed by atoms with E-state index >= 15 is 0 Å². The third-order valence-corrected chi connectivity index (χ3v) is 7.09. The maximum atomic E-state index is 13.4. The van der Waals surface area contributed by atoms with E-state index in [1.165, 1.54) is 0 Å². The van der Waals surface area contributed by atoms with Crippen LogP contribution in [0.5, 0.6) is 0 Å². The number of halogens is 1. The minimum Gasteiger partial charge on any atom is -0.465 e. The molecule has 0 radical (unpaired) electrons. The van der Waals surface area contributed by atoms with Gasteiger partial charge in [-0.25, -0.2) is 9.59 Å². The Hall–Kier alpha value is -3.34. The highest BCUT2D eigenvalue weighted by molar-refractivity contribution is 6.30. The van der Waals surface area contributed by atoms with Crippen LogP contribution >= 0.6 is 11.6 Å². The Kier molecular flexibility index (Phi) is 12.4. The molecule has 0 bridgehead atoms. The third-order valence-electron chi connectivity index (χ3n) is 6.85. The standard InChI is InChI=1S/C31H42ClN3O7/c1-31(2,3)42-30(39)35(4)26(16-21-8-7-14-40-20-21)19-34-28(36)24-11-5-9-22(17-24)27(41-15-13-33-29(37)38)23-10-6-12-25(32)18-23/h5-6,9-12,17-18,21,26-27,33H,7-8,13-16,19-20H2,1-4H3,(H,34,36)(H,37,38)/t21-,26+,27-/m1/s1. The summed E-state index contributed by atoms with van der Waals surface area (Å²) in [6.45, 7) is 7.29. The van der Waals surface area contributed by atoms with Crippen molar-refractivity contribution in [2.24, 2.45) is 5.92 Å². The summed E-state index contributed by atoms with van der Waals surface area (Å²) in [5, 5.41) is 14.7. The van der Waals surface area contributed by atoms with E-state index in [1.54, 1.807) is 48.3 Å². The predicted octanol–water partition coefficient (Wildman–Crippen LogP) is 5.50. The molecule has 0 aromatic heterocycles. The zero-order valence-corrected chi connectivity index (χ0v) is 25.5. The van der Waals surface area contributed by atoms with E-state index in [-0.39, 0.29) is 37.6 Å². The summed E-state index contributed by atoms with van der Waals surface area (Å²) in [6, 6.07) is 14.0. The van der Waals surface area contributed by atoms with Crippen molar-refractivity contribution in [1.29, 1.82) is 0 Å². The van der Waals surface area contributed by atoms with Gasteiger partial charge in [0.05, 0.1) is 12.6 Å². The molecule has 1 saturated heterocycles. The lowest BCUT2D eigenvalue weighted by molar-refractivity contribution is 0.0112. The highest BCUT2D eigenvalue weighted by Gasteiger charge is 2.29. The molecule has 3 N–H and O–H groups in total. The van der Waals surface area contributed by atoms with Crippen LogP contribution in [0.15, 0.2) is 48.5 Å². The van der Waals surface area contributed by atoms with E-state index in [0.29, 0.717) is 29.2 Å². The molecule has 2 aromatic carbocycles. The largest absolute Gasteiger partial charge is 0.465 e. The van der Waals surface area contributed by atoms with Crippen LogP contribution < -0.4 is 10.6 Å². The number of rotatable bonds is 12. The first kappa shape index (κ1) is 33.2. The van der Waals surface area contributed by atoms with Gasteiger partial charge in [0.25, 0.3) is 5.91 Å². The summed E-state index contributed by atoms with van der Waals surface area (Å²) in [4.78, 5) is 38.6. The molecule has 230 valence electrons. The molecule has 0 unspecified atom stereocenters. The Labute approximate surface area is 252 Å². The average Bonchev–Trinajstić information content (AvgIpc) is 2.94. The predicted molar refractivity (Wildman–Crippen MR) is 160 cm³/mol. The number of hydrogen-bond donors (Lipinski definition) is 3. The lowest BCUT2D eigenvalue weighted by atomic mass is 9.93.